The molecule has 1 unspecified atom stereocenters. The molecule has 1 saturated heterocycles. The zero-order valence-electron chi connectivity index (χ0n) is 21.5. The number of carbonyl (C=O) groups excluding carboxylic acids is 1. The van der Waals surface area contributed by atoms with Gasteiger partial charge in [0.15, 0.2) is 0 Å². The van der Waals surface area contributed by atoms with Crippen LogP contribution in [0.5, 0.6) is 11.5 Å². The maximum atomic E-state index is 13.1. The van der Waals surface area contributed by atoms with Crippen molar-refractivity contribution in [3.63, 3.8) is 0 Å². The highest BCUT2D eigenvalue weighted by Gasteiger charge is 2.27. The maximum absolute atomic E-state index is 13.1. The van der Waals surface area contributed by atoms with E-state index in [0.717, 1.165) is 48.6 Å². The second kappa shape index (κ2) is 12.4. The first-order chi connectivity index (χ1) is 18.7. The minimum atomic E-state index is -0.115. The van der Waals surface area contributed by atoms with E-state index in [0.29, 0.717) is 31.4 Å². The Kier molecular flexibility index (Phi) is 8.30. The zero-order valence-corrected chi connectivity index (χ0v) is 21.5. The van der Waals surface area contributed by atoms with Gasteiger partial charge in [0.05, 0.1) is 26.2 Å². The Morgan fingerprint density at radius 3 is 2.71 bits per heavy atom. The van der Waals surface area contributed by atoms with E-state index >= 15 is 0 Å². The number of nitrogens with zero attached hydrogens (tertiary/aromatic N) is 3. The van der Waals surface area contributed by atoms with Crippen molar-refractivity contribution >= 4 is 11.6 Å². The smallest absolute Gasteiger partial charge is 0.241 e. The lowest BCUT2D eigenvalue weighted by molar-refractivity contribution is -0.121. The van der Waals surface area contributed by atoms with Crippen LogP contribution in [0.2, 0.25) is 0 Å². The van der Waals surface area contributed by atoms with Gasteiger partial charge in [0.25, 0.3) is 0 Å². The topological polar surface area (TPSA) is 89.7 Å². The van der Waals surface area contributed by atoms with Gasteiger partial charge in [-0.25, -0.2) is 0 Å². The molecule has 0 aliphatic carbocycles. The third kappa shape index (κ3) is 6.77. The molecule has 38 heavy (non-hydrogen) atoms. The molecule has 0 saturated carbocycles. The maximum Gasteiger partial charge on any atom is 0.241 e. The summed E-state index contributed by atoms with van der Waals surface area (Å²) in [6.45, 7) is 2.61. The Morgan fingerprint density at radius 1 is 1.05 bits per heavy atom. The van der Waals surface area contributed by atoms with Crippen molar-refractivity contribution in [1.29, 1.82) is 0 Å². The summed E-state index contributed by atoms with van der Waals surface area (Å²) in [7, 11) is 1.63. The molecule has 1 amide bonds. The third-order valence-corrected chi connectivity index (χ3v) is 6.66. The van der Waals surface area contributed by atoms with Crippen molar-refractivity contribution in [2.75, 3.05) is 32.1 Å². The number of anilines is 1. The molecule has 0 radical (unpaired) electrons. The van der Waals surface area contributed by atoms with Gasteiger partial charge in [-0.3, -0.25) is 9.69 Å². The molecule has 1 aliphatic rings. The van der Waals surface area contributed by atoms with Gasteiger partial charge in [-0.05, 0) is 61.3 Å². The fraction of sp³-hybridized carbons (Fsp3) is 0.300. The van der Waals surface area contributed by atoms with Crippen molar-refractivity contribution in [2.24, 2.45) is 5.92 Å². The summed E-state index contributed by atoms with van der Waals surface area (Å²) in [6.07, 6.45) is 2.60. The van der Waals surface area contributed by atoms with Gasteiger partial charge in [0.1, 0.15) is 11.5 Å². The van der Waals surface area contributed by atoms with Crippen LogP contribution in [0.1, 0.15) is 24.3 Å². The molecule has 1 atom stereocenters. The van der Waals surface area contributed by atoms with Gasteiger partial charge in [0.2, 0.25) is 17.6 Å². The molecule has 2 heterocycles. The van der Waals surface area contributed by atoms with Crippen molar-refractivity contribution < 1.29 is 18.8 Å². The first-order valence-electron chi connectivity index (χ1n) is 12.9. The van der Waals surface area contributed by atoms with Crippen LogP contribution in [0, 0.1) is 5.92 Å². The molecule has 5 rings (SSSR count). The number of carbonyl (C=O) groups is 1. The highest BCUT2D eigenvalue weighted by molar-refractivity contribution is 5.92. The predicted molar refractivity (Wildman–Crippen MR) is 145 cm³/mol. The predicted octanol–water partition coefficient (Wildman–Crippen LogP) is 5.22. The van der Waals surface area contributed by atoms with Crippen molar-refractivity contribution in [1.82, 2.24) is 15.0 Å². The molecule has 196 valence electrons. The number of aromatic nitrogens is 2. The van der Waals surface area contributed by atoms with Gasteiger partial charge >= 0.3 is 0 Å². The number of methoxy groups -OCH3 is 1. The molecule has 3 aromatic carbocycles. The summed E-state index contributed by atoms with van der Waals surface area (Å²) in [4.78, 5) is 19.8. The van der Waals surface area contributed by atoms with Gasteiger partial charge in [-0.15, -0.1) is 0 Å². The van der Waals surface area contributed by atoms with Crippen molar-refractivity contribution in [3.05, 3.63) is 90.3 Å². The molecule has 0 spiro atoms. The van der Waals surface area contributed by atoms with Crippen molar-refractivity contribution in [3.8, 4) is 22.9 Å². The molecule has 0 bridgehead atoms. The number of hydrogen-bond donors (Lipinski definition) is 1. The van der Waals surface area contributed by atoms with E-state index in [1.165, 1.54) is 5.56 Å². The Hall–Kier alpha value is -4.17. The van der Waals surface area contributed by atoms with Crippen LogP contribution in [0.25, 0.3) is 11.4 Å². The fourth-order valence-corrected chi connectivity index (χ4v) is 4.62. The minimum absolute atomic E-state index is 0.0144. The zero-order chi connectivity index (χ0) is 26.2. The van der Waals surface area contributed by atoms with E-state index in [4.69, 9.17) is 14.0 Å². The van der Waals surface area contributed by atoms with Gasteiger partial charge in [-0.2, -0.15) is 4.98 Å². The lowest BCUT2D eigenvalue weighted by Crippen LogP contribution is -2.40. The highest BCUT2D eigenvalue weighted by atomic mass is 16.5. The second-order valence-electron chi connectivity index (χ2n) is 9.42. The average molecular weight is 513 g/mol. The largest absolute Gasteiger partial charge is 0.497 e. The molecule has 4 aromatic rings. The first kappa shape index (κ1) is 25.5. The molecule has 1 N–H and O–H groups in total. The van der Waals surface area contributed by atoms with Crippen LogP contribution in [-0.4, -0.2) is 47.8 Å². The summed E-state index contributed by atoms with van der Waals surface area (Å²) in [5.41, 5.74) is 2.84. The number of piperidine rings is 1. The third-order valence-electron chi connectivity index (χ3n) is 6.66. The summed E-state index contributed by atoms with van der Waals surface area (Å²) < 4.78 is 16.6. The SMILES string of the molecule is COc1ccc(-c2noc(CN3CCCC(C(=O)Nc4cccc(OCCc5ccccc5)c4)C3)n2)cc1. The van der Waals surface area contributed by atoms with E-state index in [2.05, 4.69) is 32.5 Å². The summed E-state index contributed by atoms with van der Waals surface area (Å²) in [6, 6.07) is 25.4. The lowest BCUT2D eigenvalue weighted by Gasteiger charge is -2.30. The molecular formula is C30H32N4O4. The first-order valence-corrected chi connectivity index (χ1v) is 12.9. The molecule has 1 aliphatic heterocycles. The molecule has 1 fully saturated rings. The Labute approximate surface area is 222 Å². The number of hydrogen-bond acceptors (Lipinski definition) is 7. The van der Waals surface area contributed by atoms with Crippen LogP contribution < -0.4 is 14.8 Å². The summed E-state index contributed by atoms with van der Waals surface area (Å²) in [5.74, 6) is 2.50. The number of rotatable bonds is 10. The fourth-order valence-electron chi connectivity index (χ4n) is 4.62. The monoisotopic (exact) mass is 512 g/mol. The second-order valence-corrected chi connectivity index (χ2v) is 9.42. The number of amides is 1. The number of ether oxygens (including phenoxy) is 2. The Morgan fingerprint density at radius 2 is 1.89 bits per heavy atom. The Balaban J connectivity index is 1.12. The standard InChI is InChI=1S/C30H32N4O4/c1-36-26-14-12-23(13-15-26)29-32-28(38-33-29)21-34-17-6-9-24(20-34)30(35)31-25-10-5-11-27(19-25)37-18-16-22-7-3-2-4-8-22/h2-5,7-8,10-15,19,24H,6,9,16-18,20-21H2,1H3,(H,31,35). The van der Waals surface area contributed by atoms with Crippen LogP contribution in [-0.2, 0) is 17.8 Å². The van der Waals surface area contributed by atoms with E-state index in [9.17, 15) is 4.79 Å². The summed E-state index contributed by atoms with van der Waals surface area (Å²) >= 11 is 0. The number of nitrogens with one attached hydrogen (secondary N) is 1. The normalized spacial score (nSPS) is 15.7. The van der Waals surface area contributed by atoms with Crippen molar-refractivity contribution in [2.45, 2.75) is 25.8 Å². The van der Waals surface area contributed by atoms with E-state index < -0.39 is 0 Å². The molecule has 8 nitrogen and oxygen atoms in total. The average Bonchev–Trinajstić information content (AvgIpc) is 3.42. The molecule has 1 aromatic heterocycles. The van der Waals surface area contributed by atoms with Crippen LogP contribution >= 0.6 is 0 Å². The number of likely N-dealkylation sites (tertiary alicyclic amines) is 1. The van der Waals surface area contributed by atoms with E-state index in [1.54, 1.807) is 7.11 Å². The van der Waals surface area contributed by atoms with Crippen LogP contribution in [0.3, 0.4) is 0 Å². The summed E-state index contributed by atoms with van der Waals surface area (Å²) in [5, 5.41) is 7.19. The number of benzene rings is 3. The van der Waals surface area contributed by atoms with E-state index in [-0.39, 0.29) is 11.8 Å². The van der Waals surface area contributed by atoms with Crippen LogP contribution in [0.4, 0.5) is 5.69 Å². The lowest BCUT2D eigenvalue weighted by atomic mass is 9.97. The molecular weight excluding hydrogens is 480 g/mol. The van der Waals surface area contributed by atoms with Crippen LogP contribution in [0.15, 0.2) is 83.4 Å². The van der Waals surface area contributed by atoms with E-state index in [1.807, 2.05) is 66.7 Å². The van der Waals surface area contributed by atoms with Gasteiger partial charge in [-0.1, -0.05) is 41.6 Å². The Bertz CT molecular complexity index is 1320. The van der Waals surface area contributed by atoms with Gasteiger partial charge < -0.3 is 19.3 Å². The molecule has 8 heteroatoms. The highest BCUT2D eigenvalue weighted by Crippen LogP contribution is 2.24. The quantitative estimate of drug-likeness (QED) is 0.312. The minimum Gasteiger partial charge on any atom is -0.497 e. The van der Waals surface area contributed by atoms with Gasteiger partial charge in [0, 0.05) is 30.3 Å².